The van der Waals surface area contributed by atoms with Gasteiger partial charge >= 0.3 is 17.9 Å². The lowest BCUT2D eigenvalue weighted by molar-refractivity contribution is -0.158. The SMILES string of the molecule is CCOC(=O)C(C(=O)OCC)C(=O)c1cc(F)c(F)c(OC(C)=O)c1F. The fraction of sp³-hybridized carbons (Fsp3) is 0.375. The molecular weight excluding hydrogens is 361 g/mol. The molecule has 0 N–H and O–H groups in total. The lowest BCUT2D eigenvalue weighted by Gasteiger charge is -2.15. The van der Waals surface area contributed by atoms with E-state index in [1.807, 2.05) is 0 Å². The maximum absolute atomic E-state index is 14.4. The Labute approximate surface area is 146 Å². The number of rotatable bonds is 7. The van der Waals surface area contributed by atoms with Crippen LogP contribution in [0.3, 0.4) is 0 Å². The number of benzene rings is 1. The summed E-state index contributed by atoms with van der Waals surface area (Å²) in [6, 6.07) is 0.144. The minimum absolute atomic E-state index is 0.144. The Bertz CT molecular complexity index is 728. The highest BCUT2D eigenvalue weighted by atomic mass is 19.2. The van der Waals surface area contributed by atoms with E-state index < -0.39 is 58.4 Å². The number of ether oxygens (including phenoxy) is 3. The van der Waals surface area contributed by atoms with Crippen LogP contribution in [0.5, 0.6) is 5.75 Å². The second-order valence-corrected chi connectivity index (χ2v) is 4.76. The van der Waals surface area contributed by atoms with Crippen molar-refractivity contribution in [3.63, 3.8) is 0 Å². The predicted molar refractivity (Wildman–Crippen MR) is 78.7 cm³/mol. The lowest BCUT2D eigenvalue weighted by Crippen LogP contribution is -2.35. The van der Waals surface area contributed by atoms with Crippen molar-refractivity contribution in [2.24, 2.45) is 5.92 Å². The van der Waals surface area contributed by atoms with Crippen LogP contribution in [0, 0.1) is 23.4 Å². The zero-order valence-corrected chi connectivity index (χ0v) is 14.1. The normalized spacial score (nSPS) is 10.4. The molecule has 0 saturated heterocycles. The first-order valence-corrected chi connectivity index (χ1v) is 7.38. The van der Waals surface area contributed by atoms with E-state index in [4.69, 9.17) is 0 Å². The molecule has 0 aromatic heterocycles. The summed E-state index contributed by atoms with van der Waals surface area (Å²) in [5, 5.41) is 0. The third-order valence-corrected chi connectivity index (χ3v) is 2.93. The van der Waals surface area contributed by atoms with Gasteiger partial charge in [0.15, 0.2) is 17.4 Å². The highest BCUT2D eigenvalue weighted by Gasteiger charge is 2.40. The molecule has 142 valence electrons. The third kappa shape index (κ3) is 4.58. The molecule has 0 bridgehead atoms. The highest BCUT2D eigenvalue weighted by Crippen LogP contribution is 2.29. The minimum Gasteiger partial charge on any atom is -0.465 e. The Morgan fingerprint density at radius 1 is 0.962 bits per heavy atom. The van der Waals surface area contributed by atoms with Gasteiger partial charge in [0.25, 0.3) is 0 Å². The molecule has 1 aromatic rings. The molecular formula is C16H15F3O7. The molecule has 10 heteroatoms. The molecule has 0 heterocycles. The second kappa shape index (κ2) is 8.97. The van der Waals surface area contributed by atoms with Crippen LogP contribution in [0.4, 0.5) is 13.2 Å². The Kier molecular flexibility index (Phi) is 7.29. The van der Waals surface area contributed by atoms with Gasteiger partial charge in [0.1, 0.15) is 0 Å². The first kappa shape index (κ1) is 21.1. The predicted octanol–water partition coefficient (Wildman–Crippen LogP) is 1.95. The smallest absolute Gasteiger partial charge is 0.328 e. The van der Waals surface area contributed by atoms with Crippen LogP contribution in [-0.2, 0) is 23.9 Å². The van der Waals surface area contributed by atoms with Gasteiger partial charge in [-0.3, -0.25) is 19.2 Å². The number of esters is 3. The molecule has 0 saturated carbocycles. The van der Waals surface area contributed by atoms with Crippen molar-refractivity contribution < 1.29 is 46.6 Å². The van der Waals surface area contributed by atoms with E-state index in [9.17, 15) is 32.3 Å². The van der Waals surface area contributed by atoms with Crippen molar-refractivity contribution in [1.29, 1.82) is 0 Å². The Balaban J connectivity index is 3.47. The summed E-state index contributed by atoms with van der Waals surface area (Å²) < 4.78 is 55.1. The second-order valence-electron chi connectivity index (χ2n) is 4.76. The zero-order chi connectivity index (χ0) is 20.0. The summed E-state index contributed by atoms with van der Waals surface area (Å²) in [6.45, 7) is 3.16. The Hall–Kier alpha value is -2.91. The molecule has 0 fully saturated rings. The van der Waals surface area contributed by atoms with Crippen molar-refractivity contribution in [1.82, 2.24) is 0 Å². The summed E-state index contributed by atoms with van der Waals surface area (Å²) in [4.78, 5) is 47.1. The van der Waals surface area contributed by atoms with Crippen LogP contribution in [0.2, 0.25) is 0 Å². The highest BCUT2D eigenvalue weighted by molar-refractivity contribution is 6.21. The molecule has 0 spiro atoms. The van der Waals surface area contributed by atoms with Crippen LogP contribution in [-0.4, -0.2) is 36.9 Å². The van der Waals surface area contributed by atoms with Crippen molar-refractivity contribution in [3.8, 4) is 5.75 Å². The summed E-state index contributed by atoms with van der Waals surface area (Å²) in [5.41, 5.74) is -1.17. The average molecular weight is 376 g/mol. The van der Waals surface area contributed by atoms with Crippen molar-refractivity contribution >= 4 is 23.7 Å². The van der Waals surface area contributed by atoms with Gasteiger partial charge in [-0.15, -0.1) is 0 Å². The largest absolute Gasteiger partial charge is 0.465 e. The van der Waals surface area contributed by atoms with Crippen molar-refractivity contribution in [3.05, 3.63) is 29.1 Å². The number of hydrogen-bond acceptors (Lipinski definition) is 7. The monoisotopic (exact) mass is 376 g/mol. The lowest BCUT2D eigenvalue weighted by atomic mass is 9.96. The number of ketones is 1. The van der Waals surface area contributed by atoms with Gasteiger partial charge in [0, 0.05) is 6.92 Å². The van der Waals surface area contributed by atoms with Gasteiger partial charge in [-0.25, -0.2) is 8.78 Å². The topological polar surface area (TPSA) is 96.0 Å². The van der Waals surface area contributed by atoms with E-state index in [0.717, 1.165) is 6.92 Å². The van der Waals surface area contributed by atoms with Gasteiger partial charge in [0.2, 0.25) is 17.5 Å². The van der Waals surface area contributed by atoms with E-state index in [1.54, 1.807) is 0 Å². The van der Waals surface area contributed by atoms with Gasteiger partial charge in [-0.1, -0.05) is 0 Å². The van der Waals surface area contributed by atoms with Gasteiger partial charge in [-0.05, 0) is 19.9 Å². The molecule has 1 rings (SSSR count). The molecule has 0 atom stereocenters. The van der Waals surface area contributed by atoms with Crippen LogP contribution in [0.25, 0.3) is 0 Å². The molecule has 1 aromatic carbocycles. The molecule has 26 heavy (non-hydrogen) atoms. The maximum Gasteiger partial charge on any atom is 0.328 e. The maximum atomic E-state index is 14.4. The molecule has 0 unspecified atom stereocenters. The van der Waals surface area contributed by atoms with E-state index in [-0.39, 0.29) is 19.3 Å². The summed E-state index contributed by atoms with van der Waals surface area (Å²) >= 11 is 0. The van der Waals surface area contributed by atoms with Crippen molar-refractivity contribution in [2.75, 3.05) is 13.2 Å². The molecule has 0 aliphatic heterocycles. The first-order valence-electron chi connectivity index (χ1n) is 7.38. The van der Waals surface area contributed by atoms with Crippen LogP contribution < -0.4 is 4.74 Å². The quantitative estimate of drug-likeness (QED) is 0.236. The average Bonchev–Trinajstić information content (AvgIpc) is 2.55. The van der Waals surface area contributed by atoms with Gasteiger partial charge in [0.05, 0.1) is 18.8 Å². The molecule has 0 aliphatic rings. The van der Waals surface area contributed by atoms with Crippen LogP contribution in [0.15, 0.2) is 6.07 Å². The third-order valence-electron chi connectivity index (χ3n) is 2.93. The molecule has 0 amide bonds. The fourth-order valence-corrected chi connectivity index (χ4v) is 1.91. The van der Waals surface area contributed by atoms with E-state index in [1.165, 1.54) is 13.8 Å². The molecule has 0 radical (unpaired) electrons. The summed E-state index contributed by atoms with van der Waals surface area (Å²) in [5.74, 6) is -14.5. The van der Waals surface area contributed by atoms with E-state index in [0.29, 0.717) is 0 Å². The fourth-order valence-electron chi connectivity index (χ4n) is 1.91. The summed E-state index contributed by atoms with van der Waals surface area (Å²) in [6.07, 6.45) is 0. The van der Waals surface area contributed by atoms with E-state index >= 15 is 0 Å². The zero-order valence-electron chi connectivity index (χ0n) is 14.1. The number of carbonyl (C=O) groups excluding carboxylic acids is 4. The van der Waals surface area contributed by atoms with E-state index in [2.05, 4.69) is 14.2 Å². The number of halogens is 3. The van der Waals surface area contributed by atoms with Crippen molar-refractivity contribution in [2.45, 2.75) is 20.8 Å². The Morgan fingerprint density at radius 3 is 1.88 bits per heavy atom. The summed E-state index contributed by atoms with van der Waals surface area (Å²) in [7, 11) is 0. The van der Waals surface area contributed by atoms with Gasteiger partial charge < -0.3 is 14.2 Å². The van der Waals surface area contributed by atoms with Crippen LogP contribution >= 0.6 is 0 Å². The number of hydrogen-bond donors (Lipinski definition) is 0. The molecule has 7 nitrogen and oxygen atoms in total. The standard InChI is InChI=1S/C16H15F3O7/c1-4-24-15(22)10(16(23)25-5-2)13(21)8-6-9(17)12(19)14(11(8)18)26-7(3)20/h6,10H,4-5H2,1-3H3. The molecule has 0 aliphatic carbocycles. The van der Waals surface area contributed by atoms with Crippen LogP contribution in [0.1, 0.15) is 31.1 Å². The number of carbonyl (C=O) groups is 4. The minimum atomic E-state index is -2.25. The first-order chi connectivity index (χ1) is 12.1. The van der Waals surface area contributed by atoms with Gasteiger partial charge in [-0.2, -0.15) is 4.39 Å². The number of Topliss-reactive ketones (excluding diaryl/α,β-unsaturated/α-hetero) is 1. The Morgan fingerprint density at radius 2 is 1.46 bits per heavy atom.